The van der Waals surface area contributed by atoms with Gasteiger partial charge >= 0.3 is 0 Å². The molecular formula is C17H23N5O. The fourth-order valence-corrected chi connectivity index (χ4v) is 2.25. The summed E-state index contributed by atoms with van der Waals surface area (Å²) in [5.41, 5.74) is 1.39. The molecule has 0 atom stereocenters. The van der Waals surface area contributed by atoms with E-state index in [1.165, 1.54) is 0 Å². The normalized spacial score (nSPS) is 10.3. The van der Waals surface area contributed by atoms with Gasteiger partial charge in [0.05, 0.1) is 0 Å². The molecule has 0 unspecified atom stereocenters. The van der Waals surface area contributed by atoms with Crippen molar-refractivity contribution >= 4 is 11.9 Å². The quantitative estimate of drug-likeness (QED) is 0.810. The number of hydrogen-bond acceptors (Lipinski definition) is 5. The third-order valence-corrected chi connectivity index (χ3v) is 3.35. The lowest BCUT2D eigenvalue weighted by molar-refractivity contribution is 0.0946. The Morgan fingerprint density at radius 3 is 2.43 bits per heavy atom. The van der Waals surface area contributed by atoms with E-state index in [9.17, 15) is 4.79 Å². The van der Waals surface area contributed by atoms with Gasteiger partial charge in [-0.1, -0.05) is 13.8 Å². The van der Waals surface area contributed by atoms with E-state index in [0.717, 1.165) is 31.5 Å². The van der Waals surface area contributed by atoms with Crippen LogP contribution in [0, 0.1) is 0 Å². The molecule has 6 heteroatoms. The summed E-state index contributed by atoms with van der Waals surface area (Å²) >= 11 is 0. The average Bonchev–Trinajstić information content (AvgIpc) is 2.60. The van der Waals surface area contributed by atoms with Crippen LogP contribution < -0.4 is 10.2 Å². The topological polar surface area (TPSA) is 71.0 Å². The third-order valence-electron chi connectivity index (χ3n) is 3.35. The Kier molecular flexibility index (Phi) is 6.47. The van der Waals surface area contributed by atoms with Gasteiger partial charge in [-0.05, 0) is 36.6 Å². The SMILES string of the molecule is CCCN(CCC)c1nccc(C(=O)NCc2ccncc2)n1. The predicted octanol–water partition coefficient (Wildman–Crippen LogP) is 2.43. The van der Waals surface area contributed by atoms with E-state index in [1.807, 2.05) is 12.1 Å². The minimum Gasteiger partial charge on any atom is -0.347 e. The summed E-state index contributed by atoms with van der Waals surface area (Å²) in [6.07, 6.45) is 7.08. The Morgan fingerprint density at radius 2 is 1.78 bits per heavy atom. The molecule has 1 amide bonds. The summed E-state index contributed by atoms with van der Waals surface area (Å²) in [6.45, 7) is 6.46. The molecule has 2 aromatic heterocycles. The number of carbonyl (C=O) groups excluding carboxylic acids is 1. The Bertz CT molecular complexity index is 611. The minimum absolute atomic E-state index is 0.196. The molecule has 0 fully saturated rings. The van der Waals surface area contributed by atoms with Gasteiger partial charge in [0.2, 0.25) is 5.95 Å². The second-order valence-electron chi connectivity index (χ2n) is 5.27. The summed E-state index contributed by atoms with van der Waals surface area (Å²) in [5.74, 6) is 0.420. The van der Waals surface area contributed by atoms with Gasteiger partial charge in [-0.15, -0.1) is 0 Å². The van der Waals surface area contributed by atoms with E-state index in [1.54, 1.807) is 24.7 Å². The zero-order valence-corrected chi connectivity index (χ0v) is 13.7. The van der Waals surface area contributed by atoms with Gasteiger partial charge in [-0.3, -0.25) is 9.78 Å². The third kappa shape index (κ3) is 5.02. The summed E-state index contributed by atoms with van der Waals surface area (Å²) in [5, 5.41) is 2.87. The molecular weight excluding hydrogens is 290 g/mol. The molecule has 6 nitrogen and oxygen atoms in total. The van der Waals surface area contributed by atoms with Crippen LogP contribution in [0.3, 0.4) is 0 Å². The van der Waals surface area contributed by atoms with Crippen molar-refractivity contribution in [3.63, 3.8) is 0 Å². The molecule has 2 heterocycles. The first-order valence-electron chi connectivity index (χ1n) is 7.99. The van der Waals surface area contributed by atoms with Crippen LogP contribution in [0.1, 0.15) is 42.7 Å². The van der Waals surface area contributed by atoms with Crippen molar-refractivity contribution in [3.05, 3.63) is 48.0 Å². The number of rotatable bonds is 8. The van der Waals surface area contributed by atoms with Crippen molar-refractivity contribution < 1.29 is 4.79 Å². The maximum absolute atomic E-state index is 12.3. The highest BCUT2D eigenvalue weighted by Gasteiger charge is 2.12. The van der Waals surface area contributed by atoms with E-state index in [2.05, 4.69) is 39.0 Å². The number of nitrogens with one attached hydrogen (secondary N) is 1. The number of carbonyl (C=O) groups is 1. The number of aromatic nitrogens is 3. The van der Waals surface area contributed by atoms with Gasteiger partial charge in [-0.2, -0.15) is 0 Å². The van der Waals surface area contributed by atoms with E-state index in [0.29, 0.717) is 18.2 Å². The molecule has 0 saturated carbocycles. The highest BCUT2D eigenvalue weighted by atomic mass is 16.1. The second-order valence-corrected chi connectivity index (χ2v) is 5.27. The minimum atomic E-state index is -0.196. The first-order valence-corrected chi connectivity index (χ1v) is 7.99. The molecule has 1 N–H and O–H groups in total. The fourth-order valence-electron chi connectivity index (χ4n) is 2.25. The zero-order chi connectivity index (χ0) is 16.5. The van der Waals surface area contributed by atoms with Gasteiger partial charge in [0.25, 0.3) is 5.91 Å². The van der Waals surface area contributed by atoms with Crippen LogP contribution in [0.5, 0.6) is 0 Å². The standard InChI is InChI=1S/C17H23N5O/c1-3-11-22(12-4-2)17-19-10-7-15(21-17)16(23)20-13-14-5-8-18-9-6-14/h5-10H,3-4,11-13H2,1-2H3,(H,20,23). The molecule has 0 aromatic carbocycles. The first kappa shape index (κ1) is 16.9. The molecule has 0 radical (unpaired) electrons. The van der Waals surface area contributed by atoms with Crippen LogP contribution in [-0.4, -0.2) is 33.9 Å². The van der Waals surface area contributed by atoms with Gasteiger partial charge in [-0.25, -0.2) is 9.97 Å². The van der Waals surface area contributed by atoms with Crippen molar-refractivity contribution in [3.8, 4) is 0 Å². The van der Waals surface area contributed by atoms with Crippen LogP contribution in [0.25, 0.3) is 0 Å². The zero-order valence-electron chi connectivity index (χ0n) is 13.7. The van der Waals surface area contributed by atoms with Crippen LogP contribution >= 0.6 is 0 Å². The largest absolute Gasteiger partial charge is 0.347 e. The van der Waals surface area contributed by atoms with Crippen LogP contribution in [0.15, 0.2) is 36.8 Å². The lowest BCUT2D eigenvalue weighted by Crippen LogP contribution is -2.29. The predicted molar refractivity (Wildman–Crippen MR) is 90.2 cm³/mol. The average molecular weight is 313 g/mol. The van der Waals surface area contributed by atoms with Gasteiger partial charge in [0, 0.05) is 38.2 Å². The van der Waals surface area contributed by atoms with Crippen molar-refractivity contribution in [2.24, 2.45) is 0 Å². The molecule has 0 aliphatic carbocycles. The molecule has 2 aromatic rings. The maximum atomic E-state index is 12.3. The molecule has 0 aliphatic rings. The molecule has 0 saturated heterocycles. The molecule has 0 bridgehead atoms. The lowest BCUT2D eigenvalue weighted by atomic mass is 10.2. The van der Waals surface area contributed by atoms with Crippen molar-refractivity contribution in [2.75, 3.05) is 18.0 Å². The molecule has 0 spiro atoms. The Labute approximate surface area is 137 Å². The Balaban J connectivity index is 2.04. The number of anilines is 1. The number of pyridine rings is 1. The van der Waals surface area contributed by atoms with Gasteiger partial charge in [0.1, 0.15) is 5.69 Å². The van der Waals surface area contributed by atoms with E-state index in [-0.39, 0.29) is 5.91 Å². The summed E-state index contributed by atoms with van der Waals surface area (Å²) in [6, 6.07) is 5.38. The van der Waals surface area contributed by atoms with E-state index in [4.69, 9.17) is 0 Å². The molecule has 2 rings (SSSR count). The summed E-state index contributed by atoms with van der Waals surface area (Å²) in [4.78, 5) is 27.1. The van der Waals surface area contributed by atoms with Crippen molar-refractivity contribution in [1.29, 1.82) is 0 Å². The highest BCUT2D eigenvalue weighted by molar-refractivity contribution is 5.92. The number of nitrogens with zero attached hydrogens (tertiary/aromatic N) is 4. The van der Waals surface area contributed by atoms with E-state index < -0.39 is 0 Å². The fraction of sp³-hybridized carbons (Fsp3) is 0.412. The van der Waals surface area contributed by atoms with Crippen LogP contribution in [-0.2, 0) is 6.54 Å². The van der Waals surface area contributed by atoms with Crippen LogP contribution in [0.4, 0.5) is 5.95 Å². The van der Waals surface area contributed by atoms with Crippen LogP contribution in [0.2, 0.25) is 0 Å². The van der Waals surface area contributed by atoms with E-state index >= 15 is 0 Å². The van der Waals surface area contributed by atoms with Crippen molar-refractivity contribution in [1.82, 2.24) is 20.3 Å². The first-order chi connectivity index (χ1) is 11.2. The second kappa shape index (κ2) is 8.82. The monoisotopic (exact) mass is 313 g/mol. The summed E-state index contributed by atoms with van der Waals surface area (Å²) in [7, 11) is 0. The Morgan fingerprint density at radius 1 is 1.09 bits per heavy atom. The molecule has 0 aliphatic heterocycles. The lowest BCUT2D eigenvalue weighted by Gasteiger charge is -2.21. The van der Waals surface area contributed by atoms with Gasteiger partial charge in [0.15, 0.2) is 0 Å². The summed E-state index contributed by atoms with van der Waals surface area (Å²) < 4.78 is 0. The highest BCUT2D eigenvalue weighted by Crippen LogP contribution is 2.09. The van der Waals surface area contributed by atoms with Gasteiger partial charge < -0.3 is 10.2 Å². The smallest absolute Gasteiger partial charge is 0.270 e. The van der Waals surface area contributed by atoms with Crippen molar-refractivity contribution in [2.45, 2.75) is 33.2 Å². The Hall–Kier alpha value is -2.50. The molecule has 23 heavy (non-hydrogen) atoms. The number of hydrogen-bond donors (Lipinski definition) is 1. The molecule has 122 valence electrons. The maximum Gasteiger partial charge on any atom is 0.270 e. The number of amides is 1.